The Morgan fingerprint density at radius 3 is 2.42 bits per heavy atom. The third kappa shape index (κ3) is 6.38. The van der Waals surface area contributed by atoms with Crippen LogP contribution >= 0.6 is 12.4 Å². The molecule has 1 unspecified atom stereocenters. The maximum atomic E-state index is 12.2. The number of benzene rings is 2. The van der Waals surface area contributed by atoms with E-state index < -0.39 is 6.10 Å². The molecule has 1 amide bonds. The number of hydrogen-bond acceptors (Lipinski definition) is 5. The van der Waals surface area contributed by atoms with Gasteiger partial charge in [-0.05, 0) is 50.2 Å². The molecule has 0 bridgehead atoms. The molecule has 140 valence electrons. The molecule has 0 saturated carbocycles. The Bertz CT molecular complexity index is 735. The predicted molar refractivity (Wildman–Crippen MR) is 103 cm³/mol. The van der Waals surface area contributed by atoms with Crippen LogP contribution in [-0.2, 0) is 4.79 Å². The molecule has 1 atom stereocenters. The van der Waals surface area contributed by atoms with E-state index in [9.17, 15) is 9.59 Å². The van der Waals surface area contributed by atoms with E-state index in [1.807, 2.05) is 0 Å². The number of ether oxygens (including phenoxy) is 2. The van der Waals surface area contributed by atoms with Crippen LogP contribution in [0.25, 0.3) is 0 Å². The van der Waals surface area contributed by atoms with Crippen molar-refractivity contribution >= 4 is 29.8 Å². The molecule has 0 aliphatic carbocycles. The van der Waals surface area contributed by atoms with Crippen LogP contribution in [0.15, 0.2) is 48.5 Å². The standard InChI is InChI=1S/C19H22N2O4.ClH/c1-13(22)15-4-3-5-18(12-15)25-14(2)19(23)21-16-6-8-17(9-7-16)24-11-10-20;/h3-9,12,14H,10-11,20H2,1-2H3,(H,21,23);1H. The number of anilines is 1. The van der Waals surface area contributed by atoms with Gasteiger partial charge in [0.2, 0.25) is 0 Å². The van der Waals surface area contributed by atoms with Crippen molar-refractivity contribution in [3.05, 3.63) is 54.1 Å². The fourth-order valence-corrected chi connectivity index (χ4v) is 2.10. The van der Waals surface area contributed by atoms with Crippen LogP contribution in [0.1, 0.15) is 24.2 Å². The summed E-state index contributed by atoms with van der Waals surface area (Å²) in [6.07, 6.45) is -0.713. The molecule has 0 radical (unpaired) electrons. The largest absolute Gasteiger partial charge is 0.492 e. The van der Waals surface area contributed by atoms with E-state index in [1.165, 1.54) is 6.92 Å². The first-order chi connectivity index (χ1) is 12.0. The van der Waals surface area contributed by atoms with Crippen LogP contribution in [0.5, 0.6) is 11.5 Å². The fraction of sp³-hybridized carbons (Fsp3) is 0.263. The van der Waals surface area contributed by atoms with Crippen molar-refractivity contribution in [2.75, 3.05) is 18.5 Å². The molecule has 0 fully saturated rings. The van der Waals surface area contributed by atoms with Gasteiger partial charge in [-0.1, -0.05) is 12.1 Å². The maximum absolute atomic E-state index is 12.2. The third-order valence-electron chi connectivity index (χ3n) is 3.43. The monoisotopic (exact) mass is 378 g/mol. The first kappa shape index (κ1) is 21.5. The van der Waals surface area contributed by atoms with Gasteiger partial charge in [0.05, 0.1) is 0 Å². The van der Waals surface area contributed by atoms with Gasteiger partial charge in [0, 0.05) is 17.8 Å². The minimum absolute atomic E-state index is 0. The molecule has 0 saturated heterocycles. The van der Waals surface area contributed by atoms with Crippen molar-refractivity contribution in [2.45, 2.75) is 20.0 Å². The summed E-state index contributed by atoms with van der Waals surface area (Å²) >= 11 is 0. The summed E-state index contributed by atoms with van der Waals surface area (Å²) in [5, 5.41) is 2.77. The molecule has 0 aliphatic rings. The summed E-state index contributed by atoms with van der Waals surface area (Å²) in [4.78, 5) is 23.6. The number of Topliss-reactive ketones (excluding diaryl/α,β-unsaturated/α-hetero) is 1. The highest BCUT2D eigenvalue weighted by atomic mass is 35.5. The summed E-state index contributed by atoms with van der Waals surface area (Å²) in [5.41, 5.74) is 6.56. The van der Waals surface area contributed by atoms with E-state index in [0.29, 0.717) is 35.9 Å². The van der Waals surface area contributed by atoms with Crippen molar-refractivity contribution < 1.29 is 19.1 Å². The first-order valence-corrected chi connectivity index (χ1v) is 8.01. The Morgan fingerprint density at radius 2 is 1.81 bits per heavy atom. The smallest absolute Gasteiger partial charge is 0.265 e. The molecule has 0 heterocycles. The van der Waals surface area contributed by atoms with Gasteiger partial charge < -0.3 is 20.5 Å². The average molecular weight is 379 g/mol. The quantitative estimate of drug-likeness (QED) is 0.689. The predicted octanol–water partition coefficient (Wildman–Crippen LogP) is 3.05. The van der Waals surface area contributed by atoms with Crippen LogP contribution < -0.4 is 20.5 Å². The number of carbonyl (C=O) groups excluding carboxylic acids is 2. The number of nitrogens with two attached hydrogens (primary N) is 1. The minimum Gasteiger partial charge on any atom is -0.492 e. The van der Waals surface area contributed by atoms with E-state index in [-0.39, 0.29) is 24.1 Å². The van der Waals surface area contributed by atoms with E-state index in [1.54, 1.807) is 55.5 Å². The summed E-state index contributed by atoms with van der Waals surface area (Å²) in [5.74, 6) is 0.818. The van der Waals surface area contributed by atoms with Crippen molar-refractivity contribution in [2.24, 2.45) is 5.73 Å². The zero-order valence-electron chi connectivity index (χ0n) is 14.7. The summed E-state index contributed by atoms with van der Waals surface area (Å²) < 4.78 is 11.0. The first-order valence-electron chi connectivity index (χ1n) is 8.01. The number of amides is 1. The van der Waals surface area contributed by atoms with E-state index in [2.05, 4.69) is 5.32 Å². The molecular weight excluding hydrogens is 356 g/mol. The molecule has 0 aromatic heterocycles. The van der Waals surface area contributed by atoms with Gasteiger partial charge in [0.1, 0.15) is 18.1 Å². The van der Waals surface area contributed by atoms with Gasteiger partial charge in [0.25, 0.3) is 5.91 Å². The highest BCUT2D eigenvalue weighted by Crippen LogP contribution is 2.18. The Labute approximate surface area is 159 Å². The Morgan fingerprint density at radius 1 is 1.12 bits per heavy atom. The normalized spacial score (nSPS) is 11.0. The average Bonchev–Trinajstić information content (AvgIpc) is 2.61. The molecule has 0 aliphatic heterocycles. The number of ketones is 1. The molecule has 7 heteroatoms. The van der Waals surface area contributed by atoms with Crippen LogP contribution in [-0.4, -0.2) is 30.9 Å². The van der Waals surface area contributed by atoms with Gasteiger partial charge in [0.15, 0.2) is 11.9 Å². The summed E-state index contributed by atoms with van der Waals surface area (Å²) in [7, 11) is 0. The fourth-order valence-electron chi connectivity index (χ4n) is 2.10. The van der Waals surface area contributed by atoms with Gasteiger partial charge in [-0.3, -0.25) is 9.59 Å². The van der Waals surface area contributed by atoms with Crippen LogP contribution in [0.2, 0.25) is 0 Å². The molecular formula is C19H23ClN2O4. The zero-order chi connectivity index (χ0) is 18.2. The second kappa shape index (κ2) is 10.4. The second-order valence-electron chi connectivity index (χ2n) is 5.49. The number of nitrogens with one attached hydrogen (secondary N) is 1. The van der Waals surface area contributed by atoms with Crippen LogP contribution in [0.4, 0.5) is 5.69 Å². The van der Waals surface area contributed by atoms with Crippen LogP contribution in [0.3, 0.4) is 0 Å². The maximum Gasteiger partial charge on any atom is 0.265 e. The number of halogens is 1. The summed E-state index contributed by atoms with van der Waals surface area (Å²) in [6.45, 7) is 4.01. The van der Waals surface area contributed by atoms with Gasteiger partial charge in [-0.15, -0.1) is 12.4 Å². The van der Waals surface area contributed by atoms with Gasteiger partial charge in [-0.25, -0.2) is 0 Å². The zero-order valence-corrected chi connectivity index (χ0v) is 15.5. The lowest BCUT2D eigenvalue weighted by Crippen LogP contribution is -2.30. The molecule has 3 N–H and O–H groups in total. The molecule has 6 nitrogen and oxygen atoms in total. The van der Waals surface area contributed by atoms with Crippen molar-refractivity contribution in [1.29, 1.82) is 0 Å². The Kier molecular flexibility index (Phi) is 8.61. The van der Waals surface area contributed by atoms with E-state index in [0.717, 1.165) is 0 Å². The topological polar surface area (TPSA) is 90.7 Å². The van der Waals surface area contributed by atoms with E-state index >= 15 is 0 Å². The Hall–Kier alpha value is -2.57. The highest BCUT2D eigenvalue weighted by molar-refractivity contribution is 5.95. The van der Waals surface area contributed by atoms with Gasteiger partial charge in [-0.2, -0.15) is 0 Å². The van der Waals surface area contributed by atoms with Crippen molar-refractivity contribution in [3.63, 3.8) is 0 Å². The molecule has 2 aromatic carbocycles. The molecule has 2 aromatic rings. The SMILES string of the molecule is CC(=O)c1cccc(OC(C)C(=O)Nc2ccc(OCCN)cc2)c1.Cl. The number of carbonyl (C=O) groups is 2. The number of hydrogen-bond donors (Lipinski definition) is 2. The lowest BCUT2D eigenvalue weighted by molar-refractivity contribution is -0.122. The highest BCUT2D eigenvalue weighted by Gasteiger charge is 2.15. The molecule has 0 spiro atoms. The molecule has 26 heavy (non-hydrogen) atoms. The van der Waals surface area contributed by atoms with E-state index in [4.69, 9.17) is 15.2 Å². The van der Waals surface area contributed by atoms with Crippen LogP contribution in [0, 0.1) is 0 Å². The lowest BCUT2D eigenvalue weighted by Gasteiger charge is -2.15. The third-order valence-corrected chi connectivity index (χ3v) is 3.43. The van der Waals surface area contributed by atoms with Gasteiger partial charge >= 0.3 is 0 Å². The van der Waals surface area contributed by atoms with Crippen molar-refractivity contribution in [1.82, 2.24) is 0 Å². The second-order valence-corrected chi connectivity index (χ2v) is 5.49. The summed E-state index contributed by atoms with van der Waals surface area (Å²) in [6, 6.07) is 13.8. The van der Waals surface area contributed by atoms with Crippen molar-refractivity contribution in [3.8, 4) is 11.5 Å². The molecule has 2 rings (SSSR count). The Balaban J connectivity index is 0.00000338. The minimum atomic E-state index is -0.713. The number of rotatable bonds is 8. The lowest BCUT2D eigenvalue weighted by atomic mass is 10.1.